The van der Waals surface area contributed by atoms with Crippen LogP contribution in [0.25, 0.3) is 11.5 Å². The summed E-state index contributed by atoms with van der Waals surface area (Å²) in [7, 11) is 0. The van der Waals surface area contributed by atoms with E-state index in [1.807, 2.05) is 37.3 Å². The maximum absolute atomic E-state index is 12.1. The molecule has 0 aliphatic rings. The van der Waals surface area contributed by atoms with E-state index in [1.165, 1.54) is 0 Å². The van der Waals surface area contributed by atoms with Gasteiger partial charge in [-0.05, 0) is 50.1 Å². The Kier molecular flexibility index (Phi) is 7.27. The number of carbonyl (C=O) groups excluding carboxylic acids is 1. The van der Waals surface area contributed by atoms with Crippen LogP contribution < -0.4 is 5.32 Å². The lowest BCUT2D eigenvalue weighted by Gasteiger charge is -2.24. The summed E-state index contributed by atoms with van der Waals surface area (Å²) in [6, 6.07) is 14.2. The van der Waals surface area contributed by atoms with Crippen molar-refractivity contribution in [2.45, 2.75) is 45.8 Å². The van der Waals surface area contributed by atoms with E-state index in [1.54, 1.807) is 26.0 Å². The van der Waals surface area contributed by atoms with Crippen molar-refractivity contribution in [3.8, 4) is 17.5 Å². The Morgan fingerprint density at radius 2 is 2.00 bits per heavy atom. The van der Waals surface area contributed by atoms with E-state index in [9.17, 15) is 10.1 Å². The van der Waals surface area contributed by atoms with Crippen LogP contribution in [0.3, 0.4) is 0 Å². The molecule has 0 aliphatic heterocycles. The number of aromatic nitrogens is 2. The third kappa shape index (κ3) is 5.22. The van der Waals surface area contributed by atoms with Crippen LogP contribution in [0.1, 0.15) is 49.7 Å². The van der Waals surface area contributed by atoms with E-state index in [2.05, 4.69) is 21.6 Å². The van der Waals surface area contributed by atoms with Gasteiger partial charge in [-0.2, -0.15) is 5.26 Å². The van der Waals surface area contributed by atoms with Crippen molar-refractivity contribution < 1.29 is 13.9 Å². The van der Waals surface area contributed by atoms with Crippen LogP contribution in [-0.4, -0.2) is 22.3 Å². The average molecular weight is 439 g/mol. The number of hydrogen-bond acceptors (Lipinski definition) is 7. The summed E-state index contributed by atoms with van der Waals surface area (Å²) in [4.78, 5) is 12.1. The number of anilines is 1. The van der Waals surface area contributed by atoms with Crippen molar-refractivity contribution in [1.29, 1.82) is 5.26 Å². The molecule has 0 spiro atoms. The largest absolute Gasteiger partial charge is 0.460 e. The summed E-state index contributed by atoms with van der Waals surface area (Å²) in [6.07, 6.45) is 0.404. The number of nitrogens with one attached hydrogen (secondary N) is 1. The fraction of sp³-hybridized carbons (Fsp3) is 0.304. The topological polar surface area (TPSA) is 101 Å². The van der Waals surface area contributed by atoms with Crippen molar-refractivity contribution in [2.24, 2.45) is 0 Å². The second kappa shape index (κ2) is 10.1. The average Bonchev–Trinajstić information content (AvgIpc) is 3.25. The van der Waals surface area contributed by atoms with Crippen LogP contribution >= 0.6 is 11.6 Å². The summed E-state index contributed by atoms with van der Waals surface area (Å²) < 4.78 is 11.5. The molecule has 160 valence electrons. The molecule has 0 saturated carbocycles. The van der Waals surface area contributed by atoms with Crippen molar-refractivity contribution in [1.82, 2.24) is 10.2 Å². The predicted molar refractivity (Wildman–Crippen MR) is 117 cm³/mol. The standard InChI is InChI=1S/C23H23ClN4O3/c1-4-8-19(29)30-15(3)21(26-18-12-11-17(13-25)20(24)14(18)2)23-28-27-22(31-23)16-9-6-5-7-10-16/h5-7,9-12,15,21,26H,4,8H2,1-3H3/t15-,21+/m0/s1. The third-order valence-corrected chi connectivity index (χ3v) is 5.27. The third-order valence-electron chi connectivity index (χ3n) is 4.79. The smallest absolute Gasteiger partial charge is 0.306 e. The molecule has 0 unspecified atom stereocenters. The number of hydrogen-bond donors (Lipinski definition) is 1. The van der Waals surface area contributed by atoms with E-state index in [0.29, 0.717) is 40.6 Å². The van der Waals surface area contributed by atoms with Crippen molar-refractivity contribution in [3.05, 3.63) is 64.5 Å². The highest BCUT2D eigenvalue weighted by molar-refractivity contribution is 6.32. The quantitative estimate of drug-likeness (QED) is 0.466. The number of nitriles is 1. The van der Waals surface area contributed by atoms with Gasteiger partial charge in [0.25, 0.3) is 0 Å². The number of benzene rings is 2. The first-order valence-electron chi connectivity index (χ1n) is 9.98. The Hall–Kier alpha value is -3.37. The number of ether oxygens (including phenoxy) is 1. The van der Waals surface area contributed by atoms with E-state index in [0.717, 1.165) is 5.56 Å². The summed E-state index contributed by atoms with van der Waals surface area (Å²) in [5, 5.41) is 21.2. The van der Waals surface area contributed by atoms with Gasteiger partial charge in [-0.15, -0.1) is 10.2 Å². The van der Waals surface area contributed by atoms with Gasteiger partial charge < -0.3 is 14.5 Å². The molecule has 2 aromatic carbocycles. The summed E-state index contributed by atoms with van der Waals surface area (Å²) in [6.45, 7) is 5.48. The molecule has 0 amide bonds. The number of nitrogens with zero attached hydrogens (tertiary/aromatic N) is 3. The molecule has 0 bridgehead atoms. The summed E-state index contributed by atoms with van der Waals surface area (Å²) >= 11 is 6.32. The van der Waals surface area contributed by atoms with E-state index >= 15 is 0 Å². The molecular weight excluding hydrogens is 416 g/mol. The summed E-state index contributed by atoms with van der Waals surface area (Å²) in [5.74, 6) is 0.332. The van der Waals surface area contributed by atoms with Crippen LogP contribution in [-0.2, 0) is 9.53 Å². The molecule has 0 saturated heterocycles. The summed E-state index contributed by atoms with van der Waals surface area (Å²) in [5.41, 5.74) is 2.54. The minimum absolute atomic E-state index is 0.274. The molecule has 1 aromatic heterocycles. The number of carbonyl (C=O) groups is 1. The second-order valence-electron chi connectivity index (χ2n) is 7.09. The monoisotopic (exact) mass is 438 g/mol. The molecule has 0 radical (unpaired) electrons. The van der Waals surface area contributed by atoms with Gasteiger partial charge in [-0.25, -0.2) is 0 Å². The maximum atomic E-state index is 12.1. The van der Waals surface area contributed by atoms with Gasteiger partial charge in [0.15, 0.2) is 0 Å². The molecule has 8 heteroatoms. The first-order valence-corrected chi connectivity index (χ1v) is 10.4. The normalized spacial score (nSPS) is 12.6. The minimum atomic E-state index is -0.617. The zero-order valence-corrected chi connectivity index (χ0v) is 18.3. The highest BCUT2D eigenvalue weighted by atomic mass is 35.5. The molecular formula is C23H23ClN4O3. The molecule has 7 nitrogen and oxygen atoms in total. The fourth-order valence-corrected chi connectivity index (χ4v) is 3.28. The van der Waals surface area contributed by atoms with Crippen LogP contribution in [0.5, 0.6) is 0 Å². The minimum Gasteiger partial charge on any atom is -0.460 e. The highest BCUT2D eigenvalue weighted by Crippen LogP contribution is 2.32. The van der Waals surface area contributed by atoms with Gasteiger partial charge >= 0.3 is 5.97 Å². The van der Waals surface area contributed by atoms with Crippen LogP contribution in [0.15, 0.2) is 46.9 Å². The number of rotatable bonds is 8. The Morgan fingerprint density at radius 3 is 2.68 bits per heavy atom. The Bertz CT molecular complexity index is 1090. The van der Waals surface area contributed by atoms with E-state index in [-0.39, 0.29) is 11.9 Å². The number of esters is 1. The van der Waals surface area contributed by atoms with Gasteiger partial charge in [-0.3, -0.25) is 4.79 Å². The van der Waals surface area contributed by atoms with Gasteiger partial charge in [-0.1, -0.05) is 36.7 Å². The molecule has 0 aliphatic carbocycles. The van der Waals surface area contributed by atoms with E-state index < -0.39 is 12.1 Å². The van der Waals surface area contributed by atoms with Crippen LogP contribution in [0.4, 0.5) is 5.69 Å². The zero-order valence-electron chi connectivity index (χ0n) is 17.6. The van der Waals surface area contributed by atoms with Crippen LogP contribution in [0.2, 0.25) is 5.02 Å². The molecule has 3 rings (SSSR count). The van der Waals surface area contributed by atoms with Gasteiger partial charge in [0.2, 0.25) is 11.8 Å². The predicted octanol–water partition coefficient (Wildman–Crippen LogP) is 5.46. The number of halogens is 1. The zero-order chi connectivity index (χ0) is 22.4. The lowest BCUT2D eigenvalue weighted by Crippen LogP contribution is -2.28. The molecule has 0 fully saturated rings. The molecule has 31 heavy (non-hydrogen) atoms. The Labute approximate surface area is 186 Å². The molecule has 1 N–H and O–H groups in total. The lowest BCUT2D eigenvalue weighted by atomic mass is 10.1. The van der Waals surface area contributed by atoms with Crippen molar-refractivity contribution in [2.75, 3.05) is 5.32 Å². The molecule has 2 atom stereocenters. The first-order chi connectivity index (χ1) is 14.9. The Morgan fingerprint density at radius 1 is 1.26 bits per heavy atom. The van der Waals surface area contributed by atoms with E-state index in [4.69, 9.17) is 20.8 Å². The lowest BCUT2D eigenvalue weighted by molar-refractivity contribution is -0.149. The second-order valence-corrected chi connectivity index (χ2v) is 7.47. The van der Waals surface area contributed by atoms with Crippen molar-refractivity contribution >= 4 is 23.3 Å². The maximum Gasteiger partial charge on any atom is 0.306 e. The fourth-order valence-electron chi connectivity index (χ4n) is 3.07. The molecule has 1 heterocycles. The first kappa shape index (κ1) is 22.3. The highest BCUT2D eigenvalue weighted by Gasteiger charge is 2.29. The molecule has 3 aromatic rings. The van der Waals surface area contributed by atoms with Gasteiger partial charge in [0.1, 0.15) is 18.2 Å². The van der Waals surface area contributed by atoms with Gasteiger partial charge in [0.05, 0.1) is 10.6 Å². The SMILES string of the molecule is CCCC(=O)O[C@@H](C)[C@@H](Nc1ccc(C#N)c(Cl)c1C)c1nnc(-c2ccccc2)o1. The Balaban J connectivity index is 1.94. The van der Waals surface area contributed by atoms with Crippen LogP contribution in [0, 0.1) is 18.3 Å². The van der Waals surface area contributed by atoms with Crippen molar-refractivity contribution in [3.63, 3.8) is 0 Å². The van der Waals surface area contributed by atoms with Gasteiger partial charge in [0, 0.05) is 17.7 Å².